The molecule has 1 aromatic heterocycles. The van der Waals surface area contributed by atoms with Gasteiger partial charge in [0.25, 0.3) is 0 Å². The Hall–Kier alpha value is -1.23. The van der Waals surface area contributed by atoms with Crippen LogP contribution in [0.15, 0.2) is 23.6 Å². The van der Waals surface area contributed by atoms with Crippen LogP contribution >= 0.6 is 22.9 Å². The predicted octanol–water partition coefficient (Wildman–Crippen LogP) is 4.21. The molecule has 0 fully saturated rings. The Kier molecular flexibility index (Phi) is 4.11. The Morgan fingerprint density at radius 1 is 1.52 bits per heavy atom. The molecular formula is C16H17ClO3S. The van der Waals surface area contributed by atoms with Gasteiger partial charge in [0.1, 0.15) is 23.7 Å². The van der Waals surface area contributed by atoms with E-state index in [0.717, 1.165) is 22.6 Å². The van der Waals surface area contributed by atoms with E-state index in [9.17, 15) is 5.11 Å². The van der Waals surface area contributed by atoms with Crippen LogP contribution in [0.25, 0.3) is 0 Å². The summed E-state index contributed by atoms with van der Waals surface area (Å²) in [6.07, 6.45) is 0.224. The van der Waals surface area contributed by atoms with Crippen molar-refractivity contribution in [1.82, 2.24) is 0 Å². The summed E-state index contributed by atoms with van der Waals surface area (Å²) >= 11 is 7.57. The summed E-state index contributed by atoms with van der Waals surface area (Å²) < 4.78 is 11.5. The first-order chi connectivity index (χ1) is 10.1. The summed E-state index contributed by atoms with van der Waals surface area (Å²) in [5, 5.41) is 13.1. The number of thiophene rings is 1. The number of fused-ring (bicyclic) bond motifs is 1. The third kappa shape index (κ3) is 2.76. The van der Waals surface area contributed by atoms with Crippen LogP contribution in [-0.2, 0) is 6.42 Å². The third-order valence-electron chi connectivity index (χ3n) is 3.52. The third-order valence-corrected chi connectivity index (χ3v) is 4.93. The summed E-state index contributed by atoms with van der Waals surface area (Å²) in [4.78, 5) is 0.726. The number of ether oxygens (including phenoxy) is 2. The zero-order chi connectivity index (χ0) is 15.0. The zero-order valence-corrected chi connectivity index (χ0v) is 13.5. The van der Waals surface area contributed by atoms with E-state index in [-0.39, 0.29) is 6.10 Å². The molecule has 112 valence electrons. The normalized spacial score (nSPS) is 18.2. The number of benzene rings is 1. The standard InChI is InChI=1S/C16H17ClO3S/c1-3-19-14-7-10-6-9(2)20-13(10)8-11(14)15(18)16-12(17)4-5-21-16/h4-5,7-9,15,18H,3,6H2,1-2H3. The van der Waals surface area contributed by atoms with Gasteiger partial charge in [-0.2, -0.15) is 0 Å². The van der Waals surface area contributed by atoms with Crippen LogP contribution in [-0.4, -0.2) is 17.8 Å². The van der Waals surface area contributed by atoms with Gasteiger partial charge in [-0.1, -0.05) is 11.6 Å². The van der Waals surface area contributed by atoms with E-state index in [1.807, 2.05) is 31.4 Å². The minimum absolute atomic E-state index is 0.159. The summed E-state index contributed by atoms with van der Waals surface area (Å²) in [5.41, 5.74) is 1.83. The van der Waals surface area contributed by atoms with Crippen molar-refractivity contribution in [2.45, 2.75) is 32.5 Å². The minimum atomic E-state index is -0.802. The molecule has 5 heteroatoms. The first kappa shape index (κ1) is 14.7. The Bertz CT molecular complexity index is 653. The lowest BCUT2D eigenvalue weighted by Gasteiger charge is -2.17. The van der Waals surface area contributed by atoms with E-state index >= 15 is 0 Å². The molecule has 1 aliphatic rings. The van der Waals surface area contributed by atoms with Crippen molar-refractivity contribution in [3.8, 4) is 11.5 Å². The van der Waals surface area contributed by atoms with Crippen LogP contribution in [0.5, 0.6) is 11.5 Å². The van der Waals surface area contributed by atoms with E-state index in [1.54, 1.807) is 6.07 Å². The number of rotatable bonds is 4. The van der Waals surface area contributed by atoms with Gasteiger partial charge in [0.15, 0.2) is 0 Å². The summed E-state index contributed by atoms with van der Waals surface area (Å²) in [7, 11) is 0. The molecule has 0 amide bonds. The maximum absolute atomic E-state index is 10.7. The molecule has 1 N–H and O–H groups in total. The lowest BCUT2D eigenvalue weighted by atomic mass is 10.0. The van der Waals surface area contributed by atoms with Crippen LogP contribution in [0, 0.1) is 0 Å². The van der Waals surface area contributed by atoms with Crippen molar-refractivity contribution in [3.05, 3.63) is 44.6 Å². The van der Waals surface area contributed by atoms with E-state index < -0.39 is 6.10 Å². The van der Waals surface area contributed by atoms with Crippen molar-refractivity contribution < 1.29 is 14.6 Å². The van der Waals surface area contributed by atoms with Crippen LogP contribution in [0.3, 0.4) is 0 Å². The van der Waals surface area contributed by atoms with Gasteiger partial charge in [-0.05, 0) is 37.4 Å². The van der Waals surface area contributed by atoms with Gasteiger partial charge in [0, 0.05) is 17.5 Å². The molecule has 1 aliphatic heterocycles. The highest BCUT2D eigenvalue weighted by molar-refractivity contribution is 7.10. The maximum Gasteiger partial charge on any atom is 0.126 e. The first-order valence-electron chi connectivity index (χ1n) is 6.97. The van der Waals surface area contributed by atoms with Gasteiger partial charge in [0.2, 0.25) is 0 Å². The lowest BCUT2D eigenvalue weighted by Crippen LogP contribution is -2.05. The number of hydrogen-bond acceptors (Lipinski definition) is 4. The molecule has 2 unspecified atom stereocenters. The molecule has 2 heterocycles. The number of aliphatic hydroxyl groups is 1. The highest BCUT2D eigenvalue weighted by Crippen LogP contribution is 2.42. The van der Waals surface area contributed by atoms with E-state index in [4.69, 9.17) is 21.1 Å². The molecule has 0 saturated heterocycles. The highest BCUT2D eigenvalue weighted by Gasteiger charge is 2.26. The van der Waals surface area contributed by atoms with Gasteiger partial charge < -0.3 is 14.6 Å². The van der Waals surface area contributed by atoms with Crippen molar-refractivity contribution in [3.63, 3.8) is 0 Å². The van der Waals surface area contributed by atoms with Gasteiger partial charge in [0.05, 0.1) is 16.5 Å². The largest absolute Gasteiger partial charge is 0.493 e. The molecule has 0 aliphatic carbocycles. The first-order valence-corrected chi connectivity index (χ1v) is 8.23. The number of halogens is 1. The second kappa shape index (κ2) is 5.87. The maximum atomic E-state index is 10.7. The fraction of sp³-hybridized carbons (Fsp3) is 0.375. The number of aliphatic hydroxyl groups excluding tert-OH is 1. The molecule has 2 atom stereocenters. The van der Waals surface area contributed by atoms with Gasteiger partial charge in [-0.25, -0.2) is 0 Å². The second-order valence-electron chi connectivity index (χ2n) is 5.10. The molecule has 3 rings (SSSR count). The van der Waals surface area contributed by atoms with Crippen molar-refractivity contribution in [2.75, 3.05) is 6.61 Å². The van der Waals surface area contributed by atoms with Crippen LogP contribution in [0.4, 0.5) is 0 Å². The van der Waals surface area contributed by atoms with Crippen molar-refractivity contribution in [1.29, 1.82) is 0 Å². The second-order valence-corrected chi connectivity index (χ2v) is 6.45. The lowest BCUT2D eigenvalue weighted by molar-refractivity contribution is 0.213. The Morgan fingerprint density at radius 2 is 2.33 bits per heavy atom. The fourth-order valence-electron chi connectivity index (χ4n) is 2.59. The topological polar surface area (TPSA) is 38.7 Å². The van der Waals surface area contributed by atoms with Crippen LogP contribution in [0.1, 0.15) is 36.0 Å². The fourth-order valence-corrected chi connectivity index (χ4v) is 3.75. The van der Waals surface area contributed by atoms with E-state index in [2.05, 4.69) is 0 Å². The van der Waals surface area contributed by atoms with Crippen molar-refractivity contribution in [2.24, 2.45) is 0 Å². The average Bonchev–Trinajstić information content (AvgIpc) is 3.02. The van der Waals surface area contributed by atoms with Crippen molar-refractivity contribution >= 4 is 22.9 Å². The van der Waals surface area contributed by atoms with Gasteiger partial charge >= 0.3 is 0 Å². The van der Waals surface area contributed by atoms with Crippen LogP contribution < -0.4 is 9.47 Å². The molecule has 2 aromatic rings. The molecule has 3 nitrogen and oxygen atoms in total. The predicted molar refractivity (Wildman–Crippen MR) is 84.8 cm³/mol. The minimum Gasteiger partial charge on any atom is -0.493 e. The van der Waals surface area contributed by atoms with Gasteiger partial charge in [-0.3, -0.25) is 0 Å². The molecule has 0 bridgehead atoms. The van der Waals surface area contributed by atoms with E-state index in [0.29, 0.717) is 22.9 Å². The SMILES string of the molecule is CCOc1cc2c(cc1C(O)c1sccc1Cl)OC(C)C2. The Balaban J connectivity index is 2.04. The summed E-state index contributed by atoms with van der Waals surface area (Å²) in [5.74, 6) is 1.53. The zero-order valence-electron chi connectivity index (χ0n) is 11.9. The van der Waals surface area contributed by atoms with Crippen LogP contribution in [0.2, 0.25) is 5.02 Å². The highest BCUT2D eigenvalue weighted by atomic mass is 35.5. The average molecular weight is 325 g/mol. The summed E-state index contributed by atoms with van der Waals surface area (Å²) in [6, 6.07) is 5.64. The Morgan fingerprint density at radius 3 is 3.00 bits per heavy atom. The molecular weight excluding hydrogens is 308 g/mol. The number of hydrogen-bond donors (Lipinski definition) is 1. The molecule has 1 aromatic carbocycles. The summed E-state index contributed by atoms with van der Waals surface area (Å²) in [6.45, 7) is 4.51. The Labute approximate surface area is 133 Å². The molecule has 21 heavy (non-hydrogen) atoms. The molecule has 0 saturated carbocycles. The smallest absolute Gasteiger partial charge is 0.126 e. The quantitative estimate of drug-likeness (QED) is 0.915. The molecule has 0 spiro atoms. The monoisotopic (exact) mass is 324 g/mol. The van der Waals surface area contributed by atoms with E-state index in [1.165, 1.54) is 11.3 Å². The van der Waals surface area contributed by atoms with Gasteiger partial charge in [-0.15, -0.1) is 11.3 Å². The molecule has 0 radical (unpaired) electrons.